The number of halogens is 1. The number of nitrogen functional groups attached to an aromatic ring is 1. The number of unbranched alkanes of at least 4 members (excludes halogenated alkanes) is 1. The Kier molecular flexibility index (Phi) is 16.2. The maximum atomic E-state index is 11.9. The Labute approximate surface area is 152 Å². The average molecular weight is 437 g/mol. The summed E-state index contributed by atoms with van der Waals surface area (Å²) in [6, 6.07) is 4.45. The Bertz CT molecular complexity index is 468. The normalized spacial score (nSPS) is 8.78. The third-order valence-corrected chi connectivity index (χ3v) is 2.56. The Balaban J connectivity index is 0. The number of ether oxygens (including phenoxy) is 1. The molecule has 0 fully saturated rings. The van der Waals surface area contributed by atoms with E-state index in [1.54, 1.807) is 0 Å². The van der Waals surface area contributed by atoms with Crippen LogP contribution in [0.3, 0.4) is 0 Å². The molecule has 23 heavy (non-hydrogen) atoms. The number of methoxy groups -OCH3 is 1. The molecule has 5 N–H and O–H groups in total. The summed E-state index contributed by atoms with van der Waals surface area (Å²) in [5, 5.41) is 2.74. The molecule has 1 aromatic rings. The van der Waals surface area contributed by atoms with E-state index in [0.717, 1.165) is 12.8 Å². The summed E-state index contributed by atoms with van der Waals surface area (Å²) in [4.78, 5) is 25.3. The number of benzene rings is 1. The van der Waals surface area contributed by atoms with Gasteiger partial charge in [-0.05, 0) is 42.5 Å². The number of amides is 1. The van der Waals surface area contributed by atoms with E-state index in [4.69, 9.17) is 11.5 Å². The second-order valence-corrected chi connectivity index (χ2v) is 4.09. The standard InChI is InChI=1S/C13H19N3O3.C2H6.CH3I/c1-19-13(18)10-6-9(7-11(15)8-10)12(17)16-5-3-2-4-14;2*1-2/h6-8H,2-5,14-15H2,1H3,(H,16,17);1-2H3;1H3. The number of rotatable bonds is 6. The molecular formula is C16H28IN3O3. The largest absolute Gasteiger partial charge is 0.465 e. The first-order chi connectivity index (χ1) is 11.1. The second kappa shape index (κ2) is 15.5. The van der Waals surface area contributed by atoms with Gasteiger partial charge < -0.3 is 21.5 Å². The maximum Gasteiger partial charge on any atom is 0.337 e. The minimum absolute atomic E-state index is 0.259. The Morgan fingerprint density at radius 2 is 1.70 bits per heavy atom. The fraction of sp³-hybridized carbons (Fsp3) is 0.500. The van der Waals surface area contributed by atoms with Crippen molar-refractivity contribution in [3.63, 3.8) is 0 Å². The summed E-state index contributed by atoms with van der Waals surface area (Å²) in [5.74, 6) is -0.793. The van der Waals surface area contributed by atoms with E-state index in [1.807, 2.05) is 18.8 Å². The molecule has 1 rings (SSSR count). The molecule has 6 nitrogen and oxygen atoms in total. The zero-order valence-electron chi connectivity index (χ0n) is 14.3. The Hall–Kier alpha value is -1.35. The van der Waals surface area contributed by atoms with Crippen molar-refractivity contribution < 1.29 is 14.3 Å². The summed E-state index contributed by atoms with van der Waals surface area (Å²) >= 11 is 2.15. The molecular weight excluding hydrogens is 409 g/mol. The molecule has 7 heteroatoms. The lowest BCUT2D eigenvalue weighted by atomic mass is 10.1. The van der Waals surface area contributed by atoms with Crippen molar-refractivity contribution in [3.05, 3.63) is 29.3 Å². The summed E-state index contributed by atoms with van der Waals surface area (Å²) in [6.07, 6.45) is 1.67. The van der Waals surface area contributed by atoms with Crippen molar-refractivity contribution in [2.24, 2.45) is 5.73 Å². The lowest BCUT2D eigenvalue weighted by molar-refractivity contribution is 0.0601. The summed E-state index contributed by atoms with van der Waals surface area (Å²) < 4.78 is 4.60. The van der Waals surface area contributed by atoms with Crippen LogP contribution in [0, 0.1) is 0 Å². The lowest BCUT2D eigenvalue weighted by Gasteiger charge is -2.07. The number of carbonyl (C=O) groups is 2. The van der Waals surface area contributed by atoms with E-state index in [0.29, 0.717) is 24.3 Å². The first-order valence-electron chi connectivity index (χ1n) is 7.43. The number of anilines is 1. The van der Waals surface area contributed by atoms with E-state index in [1.165, 1.54) is 25.3 Å². The highest BCUT2D eigenvalue weighted by Crippen LogP contribution is 2.13. The van der Waals surface area contributed by atoms with Crippen LogP contribution in [0.1, 0.15) is 47.4 Å². The Morgan fingerprint density at radius 1 is 1.13 bits per heavy atom. The van der Waals surface area contributed by atoms with Gasteiger partial charge in [-0.3, -0.25) is 4.79 Å². The molecule has 132 valence electrons. The first kappa shape index (κ1) is 23.9. The van der Waals surface area contributed by atoms with Gasteiger partial charge in [-0.15, -0.1) is 0 Å². The van der Waals surface area contributed by atoms with E-state index in [2.05, 4.69) is 32.6 Å². The van der Waals surface area contributed by atoms with Gasteiger partial charge in [0, 0.05) is 17.8 Å². The number of esters is 1. The molecule has 0 aliphatic heterocycles. The second-order valence-electron chi connectivity index (χ2n) is 4.09. The predicted octanol–water partition coefficient (Wildman–Crippen LogP) is 2.60. The number of hydrogen-bond acceptors (Lipinski definition) is 5. The van der Waals surface area contributed by atoms with Gasteiger partial charge in [0.25, 0.3) is 5.91 Å². The lowest BCUT2D eigenvalue weighted by Crippen LogP contribution is -2.25. The summed E-state index contributed by atoms with van der Waals surface area (Å²) in [6.45, 7) is 5.14. The molecule has 0 saturated heterocycles. The van der Waals surface area contributed by atoms with Gasteiger partial charge in [-0.1, -0.05) is 36.4 Å². The maximum absolute atomic E-state index is 11.9. The van der Waals surface area contributed by atoms with Crippen LogP contribution in [-0.4, -0.2) is 37.0 Å². The van der Waals surface area contributed by atoms with Crippen LogP contribution in [0.15, 0.2) is 18.2 Å². The van der Waals surface area contributed by atoms with Gasteiger partial charge in [0.15, 0.2) is 0 Å². The van der Waals surface area contributed by atoms with Crippen molar-refractivity contribution in [2.45, 2.75) is 26.7 Å². The molecule has 1 aromatic carbocycles. The van der Waals surface area contributed by atoms with Crippen molar-refractivity contribution in [1.29, 1.82) is 0 Å². The van der Waals surface area contributed by atoms with Crippen LogP contribution < -0.4 is 16.8 Å². The molecule has 1 amide bonds. The molecule has 0 aliphatic rings. The van der Waals surface area contributed by atoms with Crippen LogP contribution >= 0.6 is 22.6 Å². The highest BCUT2D eigenvalue weighted by molar-refractivity contribution is 14.1. The van der Waals surface area contributed by atoms with Gasteiger partial charge >= 0.3 is 5.97 Å². The third-order valence-electron chi connectivity index (χ3n) is 2.56. The summed E-state index contributed by atoms with van der Waals surface area (Å²) in [5.41, 5.74) is 12.0. The molecule has 0 aliphatic carbocycles. The van der Waals surface area contributed by atoms with Crippen LogP contribution in [0.5, 0.6) is 0 Å². The minimum atomic E-state index is -0.524. The smallest absolute Gasteiger partial charge is 0.337 e. The molecule has 0 spiro atoms. The molecule has 0 bridgehead atoms. The number of carbonyl (C=O) groups excluding carboxylic acids is 2. The quantitative estimate of drug-likeness (QED) is 0.209. The molecule has 0 radical (unpaired) electrons. The van der Waals surface area contributed by atoms with Crippen molar-refractivity contribution in [1.82, 2.24) is 5.32 Å². The van der Waals surface area contributed by atoms with Gasteiger partial charge in [-0.2, -0.15) is 0 Å². The summed E-state index contributed by atoms with van der Waals surface area (Å²) in [7, 11) is 1.28. The molecule has 0 aromatic heterocycles. The van der Waals surface area contributed by atoms with E-state index >= 15 is 0 Å². The third kappa shape index (κ3) is 10.1. The molecule has 0 atom stereocenters. The van der Waals surface area contributed by atoms with E-state index in [-0.39, 0.29) is 11.5 Å². The van der Waals surface area contributed by atoms with Crippen LogP contribution in [0.25, 0.3) is 0 Å². The minimum Gasteiger partial charge on any atom is -0.465 e. The van der Waals surface area contributed by atoms with E-state index in [9.17, 15) is 9.59 Å². The van der Waals surface area contributed by atoms with Gasteiger partial charge in [0.1, 0.15) is 0 Å². The molecule has 0 heterocycles. The van der Waals surface area contributed by atoms with Crippen molar-refractivity contribution in [3.8, 4) is 0 Å². The van der Waals surface area contributed by atoms with Crippen LogP contribution in [0.2, 0.25) is 0 Å². The number of alkyl halides is 1. The zero-order chi connectivity index (χ0) is 18.3. The number of hydrogen-bond donors (Lipinski definition) is 3. The topological polar surface area (TPSA) is 107 Å². The molecule has 0 unspecified atom stereocenters. The Morgan fingerprint density at radius 3 is 2.22 bits per heavy atom. The van der Waals surface area contributed by atoms with Crippen LogP contribution in [0.4, 0.5) is 5.69 Å². The fourth-order valence-electron chi connectivity index (χ4n) is 1.59. The van der Waals surface area contributed by atoms with E-state index < -0.39 is 5.97 Å². The zero-order valence-corrected chi connectivity index (χ0v) is 16.5. The first-order valence-corrected chi connectivity index (χ1v) is 9.59. The number of nitrogens with one attached hydrogen (secondary N) is 1. The average Bonchev–Trinajstić information content (AvgIpc) is 2.60. The molecule has 0 saturated carbocycles. The van der Waals surface area contributed by atoms with Crippen molar-refractivity contribution >= 4 is 40.2 Å². The predicted molar refractivity (Wildman–Crippen MR) is 104 cm³/mol. The SMILES string of the molecule is CC.CI.COC(=O)c1cc(N)cc(C(=O)NCCCCN)c1. The van der Waals surface area contributed by atoms with Gasteiger partial charge in [0.2, 0.25) is 0 Å². The highest BCUT2D eigenvalue weighted by atomic mass is 127. The number of nitrogens with two attached hydrogens (primary N) is 2. The fourth-order valence-corrected chi connectivity index (χ4v) is 1.59. The van der Waals surface area contributed by atoms with Crippen molar-refractivity contribution in [2.75, 3.05) is 30.9 Å². The monoisotopic (exact) mass is 437 g/mol. The van der Waals surface area contributed by atoms with Crippen LogP contribution in [-0.2, 0) is 4.74 Å². The van der Waals surface area contributed by atoms with Gasteiger partial charge in [-0.25, -0.2) is 4.79 Å². The highest BCUT2D eigenvalue weighted by Gasteiger charge is 2.12. The van der Waals surface area contributed by atoms with Gasteiger partial charge in [0.05, 0.1) is 12.7 Å².